The minimum atomic E-state index is -0.941. The molecule has 26 heavy (non-hydrogen) atoms. The minimum Gasteiger partial charge on any atom is -0.237 e. The highest BCUT2D eigenvalue weighted by molar-refractivity contribution is 6.76. The summed E-state index contributed by atoms with van der Waals surface area (Å²) in [6.07, 6.45) is 10.6. The van der Waals surface area contributed by atoms with E-state index in [2.05, 4.69) is 91.4 Å². The van der Waals surface area contributed by atoms with Gasteiger partial charge in [-0.3, -0.25) is 0 Å². The first-order chi connectivity index (χ1) is 12.1. The monoisotopic (exact) mass is 387 g/mol. The third-order valence-corrected chi connectivity index (χ3v) is 8.49. The van der Waals surface area contributed by atoms with Gasteiger partial charge in [-0.2, -0.15) is 0 Å². The first-order valence-electron chi connectivity index (χ1n) is 10.2. The van der Waals surface area contributed by atoms with E-state index in [4.69, 9.17) is 0 Å². The van der Waals surface area contributed by atoms with Crippen LogP contribution in [0.4, 0.5) is 0 Å². The zero-order chi connectivity index (χ0) is 19.2. The van der Waals surface area contributed by atoms with Gasteiger partial charge >= 0.3 is 0 Å². The van der Waals surface area contributed by atoms with Crippen molar-refractivity contribution in [2.24, 2.45) is 0 Å². The maximum atomic E-state index is 2.47. The van der Waals surface area contributed by atoms with Crippen molar-refractivity contribution >= 4 is 16.1 Å². The van der Waals surface area contributed by atoms with Gasteiger partial charge in [0.05, 0.1) is 6.54 Å². The van der Waals surface area contributed by atoms with Gasteiger partial charge in [0.2, 0.25) is 6.33 Å². The minimum absolute atomic E-state index is 0.875. The number of aryl methyl sites for hydroxylation is 2. The molecule has 2 rings (SSSR count). The Morgan fingerprint density at radius 1 is 0.808 bits per heavy atom. The Bertz CT molecular complexity index is 661. The molecule has 2 nitrogen and oxygen atoms in total. The number of rotatable bonds is 10. The van der Waals surface area contributed by atoms with Gasteiger partial charge in [0.25, 0.3) is 0 Å². The average molecular weight is 388 g/mol. The van der Waals surface area contributed by atoms with Gasteiger partial charge in [0.1, 0.15) is 18.9 Å². The van der Waals surface area contributed by atoms with Gasteiger partial charge < -0.3 is 0 Å². The molecule has 0 radical (unpaired) electrons. The molecule has 1 heterocycles. The lowest BCUT2D eigenvalue weighted by molar-refractivity contribution is -0.687. The highest BCUT2D eigenvalue weighted by atomic mass is 28.3. The molecule has 0 amide bonds. The Hall–Kier alpha value is -1.14. The molecule has 0 aliphatic rings. The van der Waals surface area contributed by atoms with E-state index in [1.54, 1.807) is 0 Å². The largest absolute Gasteiger partial charge is 0.244 e. The van der Waals surface area contributed by atoms with Crippen molar-refractivity contribution in [1.82, 2.24) is 4.57 Å². The molecule has 0 saturated carbocycles. The number of nitrogens with zero attached hydrogens (tertiary/aromatic N) is 2. The molecule has 0 saturated heterocycles. The lowest BCUT2D eigenvalue weighted by Crippen LogP contribution is -2.31. The lowest BCUT2D eigenvalue weighted by atomic mass is 10.1. The van der Waals surface area contributed by atoms with Crippen LogP contribution in [-0.4, -0.2) is 20.7 Å². The van der Waals surface area contributed by atoms with Crippen LogP contribution in [0.1, 0.15) is 24.0 Å². The van der Waals surface area contributed by atoms with Crippen LogP contribution in [0.25, 0.3) is 0 Å². The zero-order valence-electron chi connectivity index (χ0n) is 17.9. The smallest absolute Gasteiger partial charge is 0.237 e. The molecule has 1 aromatic carbocycles. The molecule has 0 aliphatic heterocycles. The number of aromatic nitrogens is 2. The first kappa shape index (κ1) is 21.2. The van der Waals surface area contributed by atoms with Gasteiger partial charge in [-0.25, -0.2) is 9.13 Å². The molecular weight excluding hydrogens is 348 g/mol. The van der Waals surface area contributed by atoms with Crippen molar-refractivity contribution in [3.05, 3.63) is 54.1 Å². The summed E-state index contributed by atoms with van der Waals surface area (Å²) < 4.78 is 4.64. The maximum absolute atomic E-state index is 2.47. The van der Waals surface area contributed by atoms with Crippen molar-refractivity contribution in [3.63, 3.8) is 0 Å². The molecule has 2 aromatic rings. The van der Waals surface area contributed by atoms with Crippen molar-refractivity contribution in [3.8, 4) is 0 Å². The Morgan fingerprint density at radius 3 is 2.04 bits per heavy atom. The predicted molar refractivity (Wildman–Crippen MR) is 119 cm³/mol. The maximum Gasteiger partial charge on any atom is 0.244 e. The fraction of sp³-hybridized carbons (Fsp3) is 0.591. The first-order valence-corrected chi connectivity index (χ1v) is 17.6. The van der Waals surface area contributed by atoms with E-state index in [9.17, 15) is 0 Å². The topological polar surface area (TPSA) is 8.81 Å². The Morgan fingerprint density at radius 2 is 1.42 bits per heavy atom. The van der Waals surface area contributed by atoms with E-state index in [0.29, 0.717) is 0 Å². The molecule has 0 spiro atoms. The van der Waals surface area contributed by atoms with Crippen LogP contribution in [0, 0.1) is 0 Å². The van der Waals surface area contributed by atoms with E-state index in [-0.39, 0.29) is 0 Å². The SMILES string of the molecule is C[Si](C)(C)CCCCn1cc[n+](Cc2ccc(CC[Si](C)(C)C)cc2)c1. The number of unbranched alkanes of at least 4 members (excludes halogenated alkanes) is 1. The Balaban J connectivity index is 1.79. The second kappa shape index (κ2) is 9.18. The summed E-state index contributed by atoms with van der Waals surface area (Å²) in [4.78, 5) is 0. The van der Waals surface area contributed by atoms with Crippen LogP contribution in [-0.2, 0) is 19.5 Å². The summed E-state index contributed by atoms with van der Waals surface area (Å²) in [5.74, 6) is 0. The molecule has 144 valence electrons. The van der Waals surface area contributed by atoms with Gasteiger partial charge in [0, 0.05) is 16.1 Å². The second-order valence-electron chi connectivity index (χ2n) is 10.2. The summed E-state index contributed by atoms with van der Waals surface area (Å²) in [5, 5.41) is 0. The highest BCUT2D eigenvalue weighted by Crippen LogP contribution is 2.15. The molecule has 0 aliphatic carbocycles. The van der Waals surface area contributed by atoms with Crippen LogP contribution in [0.2, 0.25) is 51.4 Å². The van der Waals surface area contributed by atoms with Crippen molar-refractivity contribution in [2.75, 3.05) is 0 Å². The van der Waals surface area contributed by atoms with Crippen LogP contribution < -0.4 is 4.57 Å². The predicted octanol–water partition coefficient (Wildman–Crippen LogP) is 5.82. The zero-order valence-corrected chi connectivity index (χ0v) is 19.9. The molecular formula is C22H39N2Si2+. The number of imidazole rings is 1. The average Bonchev–Trinajstić information content (AvgIpc) is 2.97. The highest BCUT2D eigenvalue weighted by Gasteiger charge is 2.13. The van der Waals surface area contributed by atoms with E-state index in [1.807, 2.05) is 0 Å². The van der Waals surface area contributed by atoms with E-state index >= 15 is 0 Å². The molecule has 1 aromatic heterocycles. The van der Waals surface area contributed by atoms with E-state index in [0.717, 1.165) is 13.1 Å². The van der Waals surface area contributed by atoms with Crippen molar-refractivity contribution < 1.29 is 4.57 Å². The molecule has 0 fully saturated rings. The van der Waals surface area contributed by atoms with E-state index in [1.165, 1.54) is 42.5 Å². The molecule has 4 heteroatoms. The van der Waals surface area contributed by atoms with Crippen LogP contribution in [0.5, 0.6) is 0 Å². The van der Waals surface area contributed by atoms with Gasteiger partial charge in [-0.15, -0.1) is 0 Å². The van der Waals surface area contributed by atoms with Crippen molar-refractivity contribution in [2.45, 2.75) is 83.7 Å². The second-order valence-corrected chi connectivity index (χ2v) is 21.5. The summed E-state index contributed by atoms with van der Waals surface area (Å²) in [6, 6.07) is 12.1. The fourth-order valence-corrected chi connectivity index (χ4v) is 5.51. The Labute approximate surface area is 163 Å². The summed E-state index contributed by atoms with van der Waals surface area (Å²) >= 11 is 0. The third-order valence-electron chi connectivity index (χ3n) is 4.89. The van der Waals surface area contributed by atoms with Crippen LogP contribution >= 0.6 is 0 Å². The van der Waals surface area contributed by atoms with Gasteiger partial charge in [-0.1, -0.05) is 82.1 Å². The van der Waals surface area contributed by atoms with Crippen LogP contribution in [0.15, 0.2) is 43.0 Å². The summed E-state index contributed by atoms with van der Waals surface area (Å²) in [5.41, 5.74) is 2.88. The molecule has 0 N–H and O–H groups in total. The van der Waals surface area contributed by atoms with Crippen LogP contribution in [0.3, 0.4) is 0 Å². The normalized spacial score (nSPS) is 12.5. The fourth-order valence-electron chi connectivity index (χ4n) is 3.16. The Kier molecular flexibility index (Phi) is 7.47. The summed E-state index contributed by atoms with van der Waals surface area (Å²) in [6.45, 7) is 16.9. The number of benzene rings is 1. The molecule has 0 unspecified atom stereocenters. The standard InChI is InChI=1S/C22H39N2Si2/c1-25(2,3)17-8-7-14-23-15-16-24(20-23)19-22-11-9-21(10-12-22)13-18-26(4,5)6/h9-12,15-16,20H,7-8,13-14,17-19H2,1-6H3/q+1. The summed E-state index contributed by atoms with van der Waals surface area (Å²) in [7, 11) is -1.82. The lowest BCUT2D eigenvalue weighted by Gasteiger charge is -2.15. The van der Waals surface area contributed by atoms with Gasteiger partial charge in [0.15, 0.2) is 0 Å². The third kappa shape index (κ3) is 8.50. The van der Waals surface area contributed by atoms with Gasteiger partial charge in [-0.05, 0) is 24.0 Å². The quantitative estimate of drug-likeness (QED) is 0.276. The van der Waals surface area contributed by atoms with E-state index < -0.39 is 16.1 Å². The molecule has 0 atom stereocenters. The number of hydrogen-bond donors (Lipinski definition) is 0. The molecule has 0 bridgehead atoms. The number of hydrogen-bond acceptors (Lipinski definition) is 0. The van der Waals surface area contributed by atoms with Crippen molar-refractivity contribution in [1.29, 1.82) is 0 Å².